The third kappa shape index (κ3) is 2.91. The van der Waals surface area contributed by atoms with Crippen LogP contribution in [0.4, 0.5) is 11.4 Å². The Hall–Kier alpha value is -2.24. The lowest BCUT2D eigenvalue weighted by molar-refractivity contribution is -0.129. The second-order valence-corrected chi connectivity index (χ2v) is 4.17. The van der Waals surface area contributed by atoms with E-state index in [0.717, 1.165) is 0 Å². The third-order valence-corrected chi connectivity index (χ3v) is 2.52. The van der Waals surface area contributed by atoms with Gasteiger partial charge in [0.1, 0.15) is 6.04 Å². The number of nitrogens with zero attached hydrogens (tertiary/aromatic N) is 1. The summed E-state index contributed by atoms with van der Waals surface area (Å²) in [4.78, 5) is 24.1. The maximum atomic E-state index is 11.7. The van der Waals surface area contributed by atoms with Crippen LogP contribution in [0.25, 0.3) is 0 Å². The molecule has 4 N–H and O–H groups in total. The largest absolute Gasteiger partial charge is 0.478 e. The molecular formula is C12H17N3O3. The SMILES string of the molecule is CC(Nc1cccc(C(=O)O)c1N)C(=O)N(C)C. The first-order valence-electron chi connectivity index (χ1n) is 5.44. The van der Waals surface area contributed by atoms with Crippen LogP contribution in [-0.4, -0.2) is 42.0 Å². The number of hydrogen-bond acceptors (Lipinski definition) is 4. The van der Waals surface area contributed by atoms with Gasteiger partial charge in [0.05, 0.1) is 16.9 Å². The molecular weight excluding hydrogens is 234 g/mol. The summed E-state index contributed by atoms with van der Waals surface area (Å²) in [5, 5.41) is 11.8. The topological polar surface area (TPSA) is 95.7 Å². The molecule has 0 saturated carbocycles. The average Bonchev–Trinajstić information content (AvgIpc) is 2.30. The van der Waals surface area contributed by atoms with Gasteiger partial charge in [0.2, 0.25) is 5.91 Å². The minimum Gasteiger partial charge on any atom is -0.478 e. The molecule has 18 heavy (non-hydrogen) atoms. The highest BCUT2D eigenvalue weighted by Gasteiger charge is 2.17. The van der Waals surface area contributed by atoms with Crippen LogP contribution < -0.4 is 11.1 Å². The Kier molecular flexibility index (Phi) is 4.14. The van der Waals surface area contributed by atoms with E-state index in [1.54, 1.807) is 33.2 Å². The van der Waals surface area contributed by atoms with Gasteiger partial charge in [-0.1, -0.05) is 6.07 Å². The highest BCUT2D eigenvalue weighted by molar-refractivity contribution is 5.97. The van der Waals surface area contributed by atoms with E-state index < -0.39 is 12.0 Å². The number of para-hydroxylation sites is 1. The fourth-order valence-electron chi connectivity index (χ4n) is 1.56. The van der Waals surface area contributed by atoms with Crippen molar-refractivity contribution in [1.82, 2.24) is 4.90 Å². The van der Waals surface area contributed by atoms with Gasteiger partial charge in [0.25, 0.3) is 0 Å². The summed E-state index contributed by atoms with van der Waals surface area (Å²) in [6, 6.07) is 4.16. The van der Waals surface area contributed by atoms with Crippen LogP contribution >= 0.6 is 0 Å². The van der Waals surface area contributed by atoms with Crippen molar-refractivity contribution in [2.45, 2.75) is 13.0 Å². The number of likely N-dealkylation sites (N-methyl/N-ethyl adjacent to an activating group) is 1. The van der Waals surface area contributed by atoms with E-state index in [2.05, 4.69) is 5.32 Å². The Morgan fingerprint density at radius 2 is 2.00 bits per heavy atom. The summed E-state index contributed by atoms with van der Waals surface area (Å²) in [7, 11) is 3.30. The Morgan fingerprint density at radius 1 is 1.39 bits per heavy atom. The Morgan fingerprint density at radius 3 is 2.50 bits per heavy atom. The minimum atomic E-state index is -1.09. The first-order valence-corrected chi connectivity index (χ1v) is 5.44. The number of carboxylic acid groups (broad SMARTS) is 1. The van der Waals surface area contributed by atoms with Gasteiger partial charge in [0, 0.05) is 14.1 Å². The van der Waals surface area contributed by atoms with Crippen LogP contribution in [0, 0.1) is 0 Å². The number of nitrogen functional groups attached to an aromatic ring is 1. The molecule has 98 valence electrons. The molecule has 0 heterocycles. The van der Waals surface area contributed by atoms with Crippen LogP contribution in [0.2, 0.25) is 0 Å². The zero-order chi connectivity index (χ0) is 13.9. The number of carbonyl (C=O) groups excluding carboxylic acids is 1. The highest BCUT2D eigenvalue weighted by Crippen LogP contribution is 2.23. The smallest absolute Gasteiger partial charge is 0.337 e. The molecule has 1 unspecified atom stereocenters. The predicted molar refractivity (Wildman–Crippen MR) is 69.6 cm³/mol. The number of anilines is 2. The van der Waals surface area contributed by atoms with E-state index in [-0.39, 0.29) is 17.2 Å². The number of aromatic carboxylic acids is 1. The zero-order valence-electron chi connectivity index (χ0n) is 10.6. The molecule has 1 rings (SSSR count). The van der Waals surface area contributed by atoms with Crippen molar-refractivity contribution in [3.8, 4) is 0 Å². The van der Waals surface area contributed by atoms with E-state index in [1.807, 2.05) is 0 Å². The summed E-state index contributed by atoms with van der Waals surface area (Å²) < 4.78 is 0. The van der Waals surface area contributed by atoms with Crippen molar-refractivity contribution < 1.29 is 14.7 Å². The molecule has 1 aromatic carbocycles. The molecule has 0 aromatic heterocycles. The van der Waals surface area contributed by atoms with Gasteiger partial charge in [-0.2, -0.15) is 0 Å². The molecule has 0 aliphatic rings. The lowest BCUT2D eigenvalue weighted by atomic mass is 10.1. The van der Waals surface area contributed by atoms with Gasteiger partial charge in [0.15, 0.2) is 0 Å². The van der Waals surface area contributed by atoms with E-state index in [4.69, 9.17) is 10.8 Å². The molecule has 0 aliphatic carbocycles. The summed E-state index contributed by atoms with van der Waals surface area (Å²) in [5.74, 6) is -1.21. The Bertz CT molecular complexity index is 472. The number of benzene rings is 1. The molecule has 6 nitrogen and oxygen atoms in total. The fourth-order valence-corrected chi connectivity index (χ4v) is 1.56. The van der Waals surface area contributed by atoms with Crippen molar-refractivity contribution in [2.75, 3.05) is 25.1 Å². The zero-order valence-corrected chi connectivity index (χ0v) is 10.6. The molecule has 1 atom stereocenters. The van der Waals surface area contributed by atoms with Crippen molar-refractivity contribution in [2.24, 2.45) is 0 Å². The van der Waals surface area contributed by atoms with Crippen LogP contribution in [0.5, 0.6) is 0 Å². The third-order valence-electron chi connectivity index (χ3n) is 2.52. The van der Waals surface area contributed by atoms with E-state index in [9.17, 15) is 9.59 Å². The van der Waals surface area contributed by atoms with Crippen molar-refractivity contribution in [1.29, 1.82) is 0 Å². The molecule has 1 aromatic rings. The quantitative estimate of drug-likeness (QED) is 0.690. The summed E-state index contributed by atoms with van der Waals surface area (Å²) in [5.41, 5.74) is 6.33. The fraction of sp³-hybridized carbons (Fsp3) is 0.333. The lowest BCUT2D eigenvalue weighted by Gasteiger charge is -2.20. The van der Waals surface area contributed by atoms with Crippen molar-refractivity contribution in [3.05, 3.63) is 23.8 Å². The molecule has 0 saturated heterocycles. The number of carboxylic acids is 1. The average molecular weight is 251 g/mol. The Balaban J connectivity index is 2.95. The van der Waals surface area contributed by atoms with Gasteiger partial charge < -0.3 is 21.1 Å². The number of nitrogens with two attached hydrogens (primary N) is 1. The Labute approximate surface area is 105 Å². The second kappa shape index (κ2) is 5.39. The maximum Gasteiger partial charge on any atom is 0.337 e. The first kappa shape index (κ1) is 13.8. The molecule has 1 amide bonds. The van der Waals surface area contributed by atoms with Crippen LogP contribution in [-0.2, 0) is 4.79 Å². The molecule has 0 bridgehead atoms. The normalized spacial score (nSPS) is 11.7. The summed E-state index contributed by atoms with van der Waals surface area (Å²) >= 11 is 0. The lowest BCUT2D eigenvalue weighted by Crippen LogP contribution is -2.36. The van der Waals surface area contributed by atoms with Crippen molar-refractivity contribution in [3.63, 3.8) is 0 Å². The monoisotopic (exact) mass is 251 g/mol. The predicted octanol–water partition coefficient (Wildman–Crippen LogP) is 0.856. The number of rotatable bonds is 4. The number of carbonyl (C=O) groups is 2. The van der Waals surface area contributed by atoms with Gasteiger partial charge in [-0.3, -0.25) is 4.79 Å². The van der Waals surface area contributed by atoms with Gasteiger partial charge >= 0.3 is 5.97 Å². The van der Waals surface area contributed by atoms with E-state index in [0.29, 0.717) is 5.69 Å². The second-order valence-electron chi connectivity index (χ2n) is 4.17. The molecule has 6 heteroatoms. The van der Waals surface area contributed by atoms with Crippen LogP contribution in [0.1, 0.15) is 17.3 Å². The van der Waals surface area contributed by atoms with Gasteiger partial charge in [-0.05, 0) is 19.1 Å². The minimum absolute atomic E-state index is 0.0181. The maximum absolute atomic E-state index is 11.7. The van der Waals surface area contributed by atoms with Crippen LogP contribution in [0.15, 0.2) is 18.2 Å². The molecule has 0 aliphatic heterocycles. The molecule has 0 spiro atoms. The highest BCUT2D eigenvalue weighted by atomic mass is 16.4. The van der Waals surface area contributed by atoms with E-state index in [1.165, 1.54) is 11.0 Å². The van der Waals surface area contributed by atoms with Gasteiger partial charge in [-0.25, -0.2) is 4.79 Å². The standard InChI is InChI=1S/C12H17N3O3/c1-7(11(16)15(2)3)14-9-6-4-5-8(10(9)13)12(17)18/h4-7,14H,13H2,1-3H3,(H,17,18). The number of nitrogens with one attached hydrogen (secondary N) is 1. The summed E-state index contributed by atoms with van der Waals surface area (Å²) in [6.07, 6.45) is 0. The van der Waals surface area contributed by atoms with E-state index >= 15 is 0 Å². The summed E-state index contributed by atoms with van der Waals surface area (Å²) in [6.45, 7) is 1.69. The first-order chi connectivity index (χ1) is 8.34. The molecule has 0 fully saturated rings. The number of amides is 1. The van der Waals surface area contributed by atoms with Gasteiger partial charge in [-0.15, -0.1) is 0 Å². The van der Waals surface area contributed by atoms with Crippen molar-refractivity contribution >= 4 is 23.3 Å². The number of hydrogen-bond donors (Lipinski definition) is 3. The van der Waals surface area contributed by atoms with Crippen LogP contribution in [0.3, 0.4) is 0 Å². The molecule has 0 radical (unpaired) electrons.